The van der Waals surface area contributed by atoms with Gasteiger partial charge >= 0.3 is 0 Å². The number of nitriles is 1. The lowest BCUT2D eigenvalue weighted by atomic mass is 9.92. The summed E-state index contributed by atoms with van der Waals surface area (Å²) >= 11 is 0. The molecule has 0 saturated carbocycles. The van der Waals surface area contributed by atoms with Crippen molar-refractivity contribution in [1.29, 1.82) is 5.26 Å². The molecule has 174 valence electrons. The van der Waals surface area contributed by atoms with Gasteiger partial charge in [-0.25, -0.2) is 8.91 Å². The molecule has 0 saturated heterocycles. The topological polar surface area (TPSA) is 106 Å². The van der Waals surface area contributed by atoms with Crippen LogP contribution >= 0.6 is 0 Å². The number of aliphatic hydroxyl groups is 2. The average Bonchev–Trinajstić information content (AvgIpc) is 3.37. The zero-order valence-corrected chi connectivity index (χ0v) is 19.0. The van der Waals surface area contributed by atoms with E-state index in [0.717, 1.165) is 24.0 Å². The molecule has 5 heterocycles. The Kier molecular flexibility index (Phi) is 5.35. The largest absolute Gasteiger partial charge is 0.394 e. The highest BCUT2D eigenvalue weighted by Gasteiger charge is 2.38. The molecule has 3 aromatic rings. The number of hydrogen-bond donors (Lipinski definition) is 2. The predicted octanol–water partition coefficient (Wildman–Crippen LogP) is 1.78. The van der Waals surface area contributed by atoms with Gasteiger partial charge < -0.3 is 15.1 Å². The SMILES string of the molecule is C[C@@H]1c2nn3c(c2C[C@H](C)N1C[C@@H](O)CO)CN(c1ccc(C#N)n2ncc(F)c12)C[C@H]3C. The maximum atomic E-state index is 14.7. The van der Waals surface area contributed by atoms with E-state index in [1.807, 2.05) is 0 Å². The first kappa shape index (κ1) is 21.8. The number of aromatic nitrogens is 4. The number of halogens is 1. The Labute approximate surface area is 191 Å². The van der Waals surface area contributed by atoms with E-state index < -0.39 is 11.9 Å². The molecule has 5 rings (SSSR count). The van der Waals surface area contributed by atoms with E-state index in [0.29, 0.717) is 30.8 Å². The van der Waals surface area contributed by atoms with Crippen molar-refractivity contribution < 1.29 is 14.6 Å². The first-order valence-electron chi connectivity index (χ1n) is 11.3. The maximum absolute atomic E-state index is 14.7. The highest BCUT2D eigenvalue weighted by molar-refractivity contribution is 5.75. The molecule has 10 heteroatoms. The highest BCUT2D eigenvalue weighted by atomic mass is 19.1. The van der Waals surface area contributed by atoms with E-state index in [9.17, 15) is 19.9 Å². The van der Waals surface area contributed by atoms with E-state index >= 15 is 0 Å². The zero-order valence-electron chi connectivity index (χ0n) is 19.0. The number of fused-ring (bicyclic) bond motifs is 4. The molecule has 2 aliphatic rings. The highest BCUT2D eigenvalue weighted by Crippen LogP contribution is 2.39. The van der Waals surface area contributed by atoms with Crippen LogP contribution in [0.15, 0.2) is 18.3 Å². The van der Waals surface area contributed by atoms with Gasteiger partial charge in [0.05, 0.1) is 54.6 Å². The molecule has 0 aliphatic carbocycles. The van der Waals surface area contributed by atoms with Crippen molar-refractivity contribution in [1.82, 2.24) is 24.3 Å². The minimum atomic E-state index is -0.785. The van der Waals surface area contributed by atoms with Crippen LogP contribution in [0.4, 0.5) is 10.1 Å². The molecule has 0 fully saturated rings. The van der Waals surface area contributed by atoms with E-state index in [-0.39, 0.29) is 30.4 Å². The molecule has 0 unspecified atom stereocenters. The lowest BCUT2D eigenvalue weighted by molar-refractivity contribution is 0.0255. The number of β-amino-alcohol motifs (C(OH)–C–C–N with tert-alkyl or cyclic N) is 1. The minimum Gasteiger partial charge on any atom is -0.394 e. The Bertz CT molecular complexity index is 1250. The second kappa shape index (κ2) is 8.09. The summed E-state index contributed by atoms with van der Waals surface area (Å²) in [5.74, 6) is -0.448. The normalized spacial score (nSPS) is 23.9. The second-order valence-electron chi connectivity index (χ2n) is 9.22. The third-order valence-corrected chi connectivity index (χ3v) is 7.03. The number of rotatable bonds is 4. The summed E-state index contributed by atoms with van der Waals surface area (Å²) in [6, 6.07) is 5.81. The van der Waals surface area contributed by atoms with E-state index in [2.05, 4.69) is 46.4 Å². The molecule has 0 spiro atoms. The van der Waals surface area contributed by atoms with Crippen LogP contribution in [0.1, 0.15) is 55.5 Å². The number of nitrogens with zero attached hydrogens (tertiary/aromatic N) is 7. The molecule has 3 aromatic heterocycles. The first-order chi connectivity index (χ1) is 15.8. The molecule has 4 atom stereocenters. The molecule has 9 nitrogen and oxygen atoms in total. The van der Waals surface area contributed by atoms with Crippen molar-refractivity contribution in [2.75, 3.05) is 24.6 Å². The van der Waals surface area contributed by atoms with E-state index in [1.165, 1.54) is 10.1 Å². The third kappa shape index (κ3) is 3.39. The van der Waals surface area contributed by atoms with Gasteiger partial charge in [0.25, 0.3) is 0 Å². The fourth-order valence-corrected chi connectivity index (χ4v) is 5.42. The third-order valence-electron chi connectivity index (χ3n) is 7.03. The standard InChI is InChI=1S/C23H28FN7O2/c1-13-6-18-21-11-28(20-5-4-16(7-25)31-23(20)19(24)8-26-31)9-14(2)30(21)27-22(18)15(3)29(13)10-17(33)12-32/h4-5,8,13-15,17,32-33H,6,9-12H2,1-3H3/t13-,14+,15+,17+/m0/s1. The molecule has 2 aliphatic heterocycles. The van der Waals surface area contributed by atoms with Crippen LogP contribution in [0.2, 0.25) is 0 Å². The second-order valence-corrected chi connectivity index (χ2v) is 9.22. The van der Waals surface area contributed by atoms with Gasteiger partial charge in [0.1, 0.15) is 17.3 Å². The Morgan fingerprint density at radius 3 is 2.79 bits per heavy atom. The Hall–Kier alpha value is -3.00. The van der Waals surface area contributed by atoms with Crippen LogP contribution in [0.3, 0.4) is 0 Å². The van der Waals surface area contributed by atoms with Crippen molar-refractivity contribution in [2.24, 2.45) is 0 Å². The molecule has 2 N–H and O–H groups in total. The van der Waals surface area contributed by atoms with Gasteiger partial charge in [-0.1, -0.05) is 0 Å². The molecule has 0 bridgehead atoms. The van der Waals surface area contributed by atoms with Gasteiger partial charge in [-0.15, -0.1) is 0 Å². The molecule has 0 amide bonds. The maximum Gasteiger partial charge on any atom is 0.171 e. The minimum absolute atomic E-state index is 0.0117. The molecular formula is C23H28FN7O2. The van der Waals surface area contributed by atoms with Crippen LogP contribution in [0.25, 0.3) is 5.52 Å². The van der Waals surface area contributed by atoms with E-state index in [1.54, 1.807) is 12.1 Å². The summed E-state index contributed by atoms with van der Waals surface area (Å²) in [5.41, 5.74) is 4.64. The molecular weight excluding hydrogens is 425 g/mol. The lowest BCUT2D eigenvalue weighted by Gasteiger charge is -2.39. The predicted molar refractivity (Wildman–Crippen MR) is 119 cm³/mol. The smallest absolute Gasteiger partial charge is 0.171 e. The fraction of sp³-hybridized carbons (Fsp3) is 0.522. The van der Waals surface area contributed by atoms with Gasteiger partial charge in [-0.3, -0.25) is 9.58 Å². The van der Waals surface area contributed by atoms with Crippen molar-refractivity contribution in [3.63, 3.8) is 0 Å². The van der Waals surface area contributed by atoms with Crippen LogP contribution in [-0.4, -0.2) is 66.3 Å². The molecule has 0 aromatic carbocycles. The lowest BCUT2D eigenvalue weighted by Crippen LogP contribution is -2.45. The summed E-state index contributed by atoms with van der Waals surface area (Å²) in [5, 5.41) is 37.7. The number of anilines is 1. The van der Waals surface area contributed by atoms with Crippen molar-refractivity contribution >= 4 is 11.2 Å². The van der Waals surface area contributed by atoms with Crippen LogP contribution < -0.4 is 4.90 Å². The van der Waals surface area contributed by atoms with Gasteiger partial charge in [0.2, 0.25) is 0 Å². The van der Waals surface area contributed by atoms with Crippen molar-refractivity contribution in [2.45, 2.75) is 58.0 Å². The van der Waals surface area contributed by atoms with Crippen LogP contribution in [0, 0.1) is 17.1 Å². The van der Waals surface area contributed by atoms with Gasteiger partial charge in [0, 0.05) is 24.7 Å². The number of aliphatic hydroxyl groups excluding tert-OH is 2. The van der Waals surface area contributed by atoms with Crippen LogP contribution in [-0.2, 0) is 13.0 Å². The Morgan fingerprint density at radius 1 is 1.27 bits per heavy atom. The van der Waals surface area contributed by atoms with Crippen LogP contribution in [0.5, 0.6) is 0 Å². The monoisotopic (exact) mass is 453 g/mol. The molecule has 0 radical (unpaired) electrons. The zero-order chi connectivity index (χ0) is 23.4. The number of hydrogen-bond acceptors (Lipinski definition) is 7. The summed E-state index contributed by atoms with van der Waals surface area (Å²) in [7, 11) is 0. The van der Waals surface area contributed by atoms with E-state index in [4.69, 9.17) is 5.10 Å². The quantitative estimate of drug-likeness (QED) is 0.620. The summed E-state index contributed by atoms with van der Waals surface area (Å²) in [6.45, 7) is 7.68. The summed E-state index contributed by atoms with van der Waals surface area (Å²) in [4.78, 5) is 4.33. The summed E-state index contributed by atoms with van der Waals surface area (Å²) < 4.78 is 18.1. The Morgan fingerprint density at radius 2 is 2.06 bits per heavy atom. The average molecular weight is 454 g/mol. The summed E-state index contributed by atoms with van der Waals surface area (Å²) in [6.07, 6.45) is 1.16. The Balaban J connectivity index is 1.53. The fourth-order valence-electron chi connectivity index (χ4n) is 5.42. The van der Waals surface area contributed by atoms with Crippen molar-refractivity contribution in [3.05, 3.63) is 46.8 Å². The van der Waals surface area contributed by atoms with Gasteiger partial charge in [-0.05, 0) is 39.3 Å². The van der Waals surface area contributed by atoms with Gasteiger partial charge in [-0.2, -0.15) is 15.5 Å². The van der Waals surface area contributed by atoms with Crippen molar-refractivity contribution in [3.8, 4) is 6.07 Å². The molecule has 33 heavy (non-hydrogen) atoms. The van der Waals surface area contributed by atoms with Gasteiger partial charge in [0.15, 0.2) is 5.82 Å². The number of pyridine rings is 1. The first-order valence-corrected chi connectivity index (χ1v) is 11.3.